The number of hydrogen-bond donors (Lipinski definition) is 1. The van der Waals surface area contributed by atoms with E-state index in [4.69, 9.17) is 0 Å². The highest BCUT2D eigenvalue weighted by atomic mass is 79.9. The van der Waals surface area contributed by atoms with E-state index >= 15 is 0 Å². The second-order valence-electron chi connectivity index (χ2n) is 3.16. The summed E-state index contributed by atoms with van der Waals surface area (Å²) in [6.45, 7) is 0.546. The van der Waals surface area contributed by atoms with Gasteiger partial charge in [0.1, 0.15) is 0 Å². The van der Waals surface area contributed by atoms with Gasteiger partial charge < -0.3 is 5.32 Å². The molecule has 0 saturated carbocycles. The zero-order valence-electron chi connectivity index (χ0n) is 8.72. The van der Waals surface area contributed by atoms with Crippen LogP contribution in [0.4, 0.5) is 0 Å². The molecule has 1 amide bonds. The van der Waals surface area contributed by atoms with Gasteiger partial charge in [-0.3, -0.25) is 9.78 Å². The lowest BCUT2D eigenvalue weighted by atomic mass is 10.3. The van der Waals surface area contributed by atoms with Crippen LogP contribution in [-0.4, -0.2) is 10.9 Å². The largest absolute Gasteiger partial charge is 0.347 e. The summed E-state index contributed by atoms with van der Waals surface area (Å²) in [4.78, 5) is 16.7. The SMILES string of the molecule is Cl.O=C(NCc1cc(Br)cs1)c1cccnc1. The normalized spacial score (nSPS) is 9.47. The van der Waals surface area contributed by atoms with Crippen molar-refractivity contribution in [3.05, 3.63) is 50.9 Å². The van der Waals surface area contributed by atoms with Gasteiger partial charge >= 0.3 is 0 Å². The van der Waals surface area contributed by atoms with Gasteiger partial charge in [-0.2, -0.15) is 0 Å². The number of carbonyl (C=O) groups is 1. The van der Waals surface area contributed by atoms with E-state index in [1.807, 2.05) is 11.4 Å². The minimum Gasteiger partial charge on any atom is -0.347 e. The Balaban J connectivity index is 0.00000144. The van der Waals surface area contributed by atoms with Crippen LogP contribution in [0.3, 0.4) is 0 Å². The van der Waals surface area contributed by atoms with E-state index in [1.54, 1.807) is 35.9 Å². The van der Waals surface area contributed by atoms with Crippen molar-refractivity contribution < 1.29 is 4.79 Å². The Morgan fingerprint density at radius 2 is 2.35 bits per heavy atom. The number of aromatic nitrogens is 1. The van der Waals surface area contributed by atoms with Crippen LogP contribution >= 0.6 is 39.7 Å². The lowest BCUT2D eigenvalue weighted by molar-refractivity contribution is 0.0951. The number of hydrogen-bond acceptors (Lipinski definition) is 3. The zero-order valence-corrected chi connectivity index (χ0v) is 11.9. The highest BCUT2D eigenvalue weighted by Crippen LogP contribution is 2.19. The maximum absolute atomic E-state index is 11.7. The molecule has 3 nitrogen and oxygen atoms in total. The average molecular weight is 334 g/mol. The Bertz CT molecular complexity index is 489. The van der Waals surface area contributed by atoms with Gasteiger partial charge in [-0.1, -0.05) is 0 Å². The topological polar surface area (TPSA) is 42.0 Å². The summed E-state index contributed by atoms with van der Waals surface area (Å²) in [7, 11) is 0. The summed E-state index contributed by atoms with van der Waals surface area (Å²) < 4.78 is 1.04. The fourth-order valence-corrected chi connectivity index (χ4v) is 2.60. The van der Waals surface area contributed by atoms with Crippen molar-refractivity contribution in [3.8, 4) is 0 Å². The molecule has 0 unspecified atom stereocenters. The maximum Gasteiger partial charge on any atom is 0.253 e. The van der Waals surface area contributed by atoms with Gasteiger partial charge in [0.05, 0.1) is 12.1 Å². The molecular weight excluding hydrogens is 324 g/mol. The van der Waals surface area contributed by atoms with Gasteiger partial charge in [0.15, 0.2) is 0 Å². The summed E-state index contributed by atoms with van der Waals surface area (Å²) in [5, 5.41) is 4.83. The first-order chi connectivity index (χ1) is 7.75. The highest BCUT2D eigenvalue weighted by molar-refractivity contribution is 9.10. The Morgan fingerprint density at radius 3 is 2.94 bits per heavy atom. The van der Waals surface area contributed by atoms with Gasteiger partial charge in [0.25, 0.3) is 5.91 Å². The number of carbonyl (C=O) groups excluding carboxylic acids is 1. The van der Waals surface area contributed by atoms with E-state index in [0.29, 0.717) is 12.1 Å². The minimum absolute atomic E-state index is 0. The van der Waals surface area contributed by atoms with Crippen molar-refractivity contribution in [2.24, 2.45) is 0 Å². The van der Waals surface area contributed by atoms with Crippen LogP contribution in [-0.2, 0) is 6.54 Å². The Labute approximate surface area is 118 Å². The van der Waals surface area contributed by atoms with Gasteiger partial charge in [0.2, 0.25) is 0 Å². The van der Waals surface area contributed by atoms with Gasteiger partial charge in [-0.05, 0) is 34.1 Å². The zero-order chi connectivity index (χ0) is 11.4. The second kappa shape index (κ2) is 6.74. The standard InChI is InChI=1S/C11H9BrN2OS.ClH/c12-9-4-10(16-7-9)6-14-11(15)8-2-1-3-13-5-8;/h1-5,7H,6H2,(H,14,15);1H. The lowest BCUT2D eigenvalue weighted by Crippen LogP contribution is -2.22. The Morgan fingerprint density at radius 1 is 1.53 bits per heavy atom. The van der Waals surface area contributed by atoms with Crippen LogP contribution in [0.25, 0.3) is 0 Å². The van der Waals surface area contributed by atoms with E-state index in [2.05, 4.69) is 26.2 Å². The van der Waals surface area contributed by atoms with Crippen molar-refractivity contribution in [3.63, 3.8) is 0 Å². The molecule has 90 valence electrons. The van der Waals surface area contributed by atoms with Gasteiger partial charge in [0, 0.05) is 27.1 Å². The highest BCUT2D eigenvalue weighted by Gasteiger charge is 2.05. The molecule has 2 heterocycles. The molecule has 2 aromatic rings. The number of pyridine rings is 1. The Kier molecular flexibility index (Phi) is 5.61. The maximum atomic E-state index is 11.7. The number of rotatable bonds is 3. The van der Waals surface area contributed by atoms with Crippen LogP contribution in [0, 0.1) is 0 Å². The van der Waals surface area contributed by atoms with Crippen molar-refractivity contribution in [1.82, 2.24) is 10.3 Å². The third-order valence-electron chi connectivity index (χ3n) is 1.97. The lowest BCUT2D eigenvalue weighted by Gasteiger charge is -2.02. The predicted octanol–water partition coefficient (Wildman–Crippen LogP) is 3.26. The summed E-state index contributed by atoms with van der Waals surface area (Å²) in [6.07, 6.45) is 3.20. The van der Waals surface area contributed by atoms with Crippen LogP contribution in [0.2, 0.25) is 0 Å². The molecule has 0 bridgehead atoms. The fourth-order valence-electron chi connectivity index (χ4n) is 1.21. The molecule has 0 aliphatic carbocycles. The van der Waals surface area contributed by atoms with E-state index in [9.17, 15) is 4.79 Å². The first-order valence-corrected chi connectivity index (χ1v) is 6.34. The molecular formula is C11H10BrClN2OS. The van der Waals surface area contributed by atoms with E-state index in [0.717, 1.165) is 9.35 Å². The van der Waals surface area contributed by atoms with Crippen LogP contribution in [0.5, 0.6) is 0 Å². The molecule has 0 aliphatic heterocycles. The van der Waals surface area contributed by atoms with Crippen molar-refractivity contribution in [2.75, 3.05) is 0 Å². The van der Waals surface area contributed by atoms with Crippen LogP contribution < -0.4 is 5.32 Å². The summed E-state index contributed by atoms with van der Waals surface area (Å²) in [6, 6.07) is 5.48. The molecule has 2 rings (SSSR count). The number of nitrogens with zero attached hydrogens (tertiary/aromatic N) is 1. The Hall–Kier alpha value is -0.910. The molecule has 0 fully saturated rings. The monoisotopic (exact) mass is 332 g/mol. The van der Waals surface area contributed by atoms with Crippen molar-refractivity contribution in [2.45, 2.75) is 6.54 Å². The number of halogens is 2. The predicted molar refractivity (Wildman–Crippen MR) is 74.7 cm³/mol. The smallest absolute Gasteiger partial charge is 0.253 e. The molecule has 17 heavy (non-hydrogen) atoms. The first-order valence-electron chi connectivity index (χ1n) is 4.67. The molecule has 0 atom stereocenters. The molecule has 0 aromatic carbocycles. The third-order valence-corrected chi connectivity index (χ3v) is 3.67. The molecule has 0 spiro atoms. The molecule has 0 saturated heterocycles. The van der Waals surface area contributed by atoms with Crippen LogP contribution in [0.15, 0.2) is 40.4 Å². The molecule has 6 heteroatoms. The van der Waals surface area contributed by atoms with Crippen molar-refractivity contribution >= 4 is 45.6 Å². The fraction of sp³-hybridized carbons (Fsp3) is 0.0909. The minimum atomic E-state index is -0.0994. The van der Waals surface area contributed by atoms with E-state index in [-0.39, 0.29) is 18.3 Å². The van der Waals surface area contributed by atoms with E-state index in [1.165, 1.54) is 0 Å². The summed E-state index contributed by atoms with van der Waals surface area (Å²) in [5.41, 5.74) is 0.582. The second-order valence-corrected chi connectivity index (χ2v) is 5.07. The van der Waals surface area contributed by atoms with Crippen molar-refractivity contribution in [1.29, 1.82) is 0 Å². The third kappa shape index (κ3) is 4.11. The van der Waals surface area contributed by atoms with Crippen LogP contribution in [0.1, 0.15) is 15.2 Å². The summed E-state index contributed by atoms with van der Waals surface area (Å²) in [5.74, 6) is -0.0994. The number of nitrogens with one attached hydrogen (secondary N) is 1. The molecule has 1 N–H and O–H groups in total. The number of amides is 1. The number of thiophene rings is 1. The summed E-state index contributed by atoms with van der Waals surface area (Å²) >= 11 is 4.98. The van der Waals surface area contributed by atoms with Gasteiger partial charge in [-0.25, -0.2) is 0 Å². The molecule has 0 aliphatic rings. The first kappa shape index (κ1) is 14.2. The molecule has 0 radical (unpaired) electrons. The quantitative estimate of drug-likeness (QED) is 0.937. The van der Waals surface area contributed by atoms with E-state index < -0.39 is 0 Å². The average Bonchev–Trinajstić information content (AvgIpc) is 2.73. The molecule has 2 aromatic heterocycles. The van der Waals surface area contributed by atoms with Gasteiger partial charge in [-0.15, -0.1) is 23.7 Å².